The summed E-state index contributed by atoms with van der Waals surface area (Å²) < 4.78 is 5.46. The van der Waals surface area contributed by atoms with E-state index in [0.29, 0.717) is 0 Å². The van der Waals surface area contributed by atoms with Crippen molar-refractivity contribution in [1.82, 2.24) is 25.8 Å². The maximum absolute atomic E-state index is 13.1. The molecule has 0 fully saturated rings. The lowest BCUT2D eigenvalue weighted by atomic mass is 9.95. The number of amides is 4. The number of carbonyl (C=O) groups excluding carboxylic acids is 4. The van der Waals surface area contributed by atoms with Crippen molar-refractivity contribution in [3.8, 4) is 0 Å². The molecule has 10 heteroatoms. The normalized spacial score (nSPS) is 13.3. The summed E-state index contributed by atoms with van der Waals surface area (Å²) in [5, 5.41) is 8.02. The highest BCUT2D eigenvalue weighted by Crippen LogP contribution is 2.21. The van der Waals surface area contributed by atoms with E-state index in [1.165, 1.54) is 23.9 Å². The third-order valence-corrected chi connectivity index (χ3v) is 4.40. The first-order chi connectivity index (χ1) is 13.3. The highest BCUT2D eigenvalue weighted by atomic mass is 16.6. The number of rotatable bonds is 10. The third kappa shape index (κ3) is 8.68. The van der Waals surface area contributed by atoms with Gasteiger partial charge in [-0.15, -0.1) is 0 Å². The Balaban J connectivity index is 5.68. The third-order valence-electron chi connectivity index (χ3n) is 4.40. The lowest BCUT2D eigenvalue weighted by Crippen LogP contribution is -2.57. The lowest BCUT2D eigenvalue weighted by Gasteiger charge is -2.35. The van der Waals surface area contributed by atoms with Crippen LogP contribution in [-0.4, -0.2) is 93.1 Å². The van der Waals surface area contributed by atoms with Gasteiger partial charge < -0.3 is 30.5 Å². The van der Waals surface area contributed by atoms with Gasteiger partial charge in [-0.25, -0.2) is 4.79 Å². The van der Waals surface area contributed by atoms with E-state index >= 15 is 0 Å². The van der Waals surface area contributed by atoms with Crippen molar-refractivity contribution in [3.05, 3.63) is 0 Å². The summed E-state index contributed by atoms with van der Waals surface area (Å²) in [4.78, 5) is 52.2. The largest absolute Gasteiger partial charge is 0.443 e. The molecule has 10 nitrogen and oxygen atoms in total. The minimum absolute atomic E-state index is 0.0429. The van der Waals surface area contributed by atoms with Gasteiger partial charge in [0.05, 0.1) is 6.54 Å². The van der Waals surface area contributed by atoms with Crippen LogP contribution in [0.1, 0.15) is 34.1 Å². The number of ether oxygens (including phenoxy) is 1. The van der Waals surface area contributed by atoms with Crippen LogP contribution in [0.4, 0.5) is 4.79 Å². The summed E-state index contributed by atoms with van der Waals surface area (Å²) in [6, 6.07) is -1.69. The summed E-state index contributed by atoms with van der Waals surface area (Å²) >= 11 is 0. The Morgan fingerprint density at radius 1 is 1.00 bits per heavy atom. The molecule has 0 saturated heterocycles. The Morgan fingerprint density at radius 2 is 1.55 bits per heavy atom. The van der Waals surface area contributed by atoms with E-state index in [2.05, 4.69) is 16.0 Å². The predicted molar refractivity (Wildman–Crippen MR) is 110 cm³/mol. The Morgan fingerprint density at radius 3 is 1.97 bits per heavy atom. The van der Waals surface area contributed by atoms with E-state index in [0.717, 1.165) is 0 Å². The van der Waals surface area contributed by atoms with Gasteiger partial charge in [-0.1, -0.05) is 13.8 Å². The standard InChI is InChI=1S/C19H37N5O5/c1-12(2)15(17(27)21-6)22-16(26)13(24(9)14(25)11-20-5)10-19(3,4)29-18(28)23(7)8/h12-13,15,20H,10-11H2,1-9H3,(H,21,27)(H,22,26)/t13-,15-/m0/s1. The van der Waals surface area contributed by atoms with Crippen LogP contribution in [0.2, 0.25) is 0 Å². The van der Waals surface area contributed by atoms with Gasteiger partial charge in [0, 0.05) is 34.6 Å². The van der Waals surface area contributed by atoms with Crippen molar-refractivity contribution < 1.29 is 23.9 Å². The van der Waals surface area contributed by atoms with Crippen LogP contribution in [0.5, 0.6) is 0 Å². The molecular formula is C19H37N5O5. The van der Waals surface area contributed by atoms with Crippen LogP contribution < -0.4 is 16.0 Å². The molecule has 0 spiro atoms. The van der Waals surface area contributed by atoms with Crippen LogP contribution in [0.25, 0.3) is 0 Å². The second-order valence-corrected chi connectivity index (χ2v) is 8.12. The molecule has 4 amide bonds. The van der Waals surface area contributed by atoms with Crippen molar-refractivity contribution in [1.29, 1.82) is 0 Å². The number of hydrogen-bond donors (Lipinski definition) is 3. The molecule has 2 atom stereocenters. The quantitative estimate of drug-likeness (QED) is 0.454. The van der Waals surface area contributed by atoms with Crippen LogP contribution in [0.15, 0.2) is 0 Å². The summed E-state index contributed by atoms with van der Waals surface area (Å²) in [7, 11) is 7.75. The van der Waals surface area contributed by atoms with Crippen molar-refractivity contribution in [2.24, 2.45) is 5.92 Å². The van der Waals surface area contributed by atoms with E-state index in [1.54, 1.807) is 35.0 Å². The minimum atomic E-state index is -1.03. The van der Waals surface area contributed by atoms with Crippen LogP contribution >= 0.6 is 0 Å². The fourth-order valence-electron chi connectivity index (χ4n) is 2.63. The van der Waals surface area contributed by atoms with Crippen LogP contribution in [0, 0.1) is 5.92 Å². The molecule has 0 aliphatic heterocycles. The summed E-state index contributed by atoms with van der Waals surface area (Å²) in [5.74, 6) is -1.27. The highest BCUT2D eigenvalue weighted by molar-refractivity contribution is 5.92. The van der Waals surface area contributed by atoms with Crippen molar-refractivity contribution in [2.75, 3.05) is 41.8 Å². The topological polar surface area (TPSA) is 120 Å². The molecule has 3 N–H and O–H groups in total. The first-order valence-corrected chi connectivity index (χ1v) is 9.59. The molecule has 0 aliphatic carbocycles. The van der Waals surface area contributed by atoms with Crippen molar-refractivity contribution in [2.45, 2.75) is 51.8 Å². The fourth-order valence-corrected chi connectivity index (χ4v) is 2.63. The summed E-state index contributed by atoms with van der Waals surface area (Å²) in [6.07, 6.45) is -0.494. The van der Waals surface area contributed by atoms with Gasteiger partial charge in [-0.05, 0) is 26.8 Å². The zero-order valence-electron chi connectivity index (χ0n) is 19.1. The summed E-state index contributed by atoms with van der Waals surface area (Å²) in [6.45, 7) is 7.01. The molecule has 0 unspecified atom stereocenters. The maximum Gasteiger partial charge on any atom is 0.409 e. The van der Waals surface area contributed by atoms with Gasteiger partial charge in [-0.2, -0.15) is 0 Å². The second kappa shape index (κ2) is 11.6. The van der Waals surface area contributed by atoms with E-state index < -0.39 is 29.7 Å². The first-order valence-electron chi connectivity index (χ1n) is 9.59. The SMILES string of the molecule is CNCC(=O)N(C)[C@@H](CC(C)(C)OC(=O)N(C)C)C(=O)N[C@H](C(=O)NC)C(C)C. The molecule has 0 radical (unpaired) electrons. The van der Waals surface area contributed by atoms with E-state index in [1.807, 2.05) is 13.8 Å². The van der Waals surface area contributed by atoms with E-state index in [-0.39, 0.29) is 30.7 Å². The van der Waals surface area contributed by atoms with Crippen molar-refractivity contribution >= 4 is 23.8 Å². The summed E-state index contributed by atoms with van der Waals surface area (Å²) in [5.41, 5.74) is -1.03. The van der Waals surface area contributed by atoms with Gasteiger partial charge >= 0.3 is 6.09 Å². The van der Waals surface area contributed by atoms with Crippen molar-refractivity contribution in [3.63, 3.8) is 0 Å². The zero-order chi connectivity index (χ0) is 22.9. The molecular weight excluding hydrogens is 378 g/mol. The minimum Gasteiger partial charge on any atom is -0.443 e. The zero-order valence-corrected chi connectivity index (χ0v) is 19.1. The Hall–Kier alpha value is -2.36. The first kappa shape index (κ1) is 26.6. The Bertz CT molecular complexity index is 592. The predicted octanol–water partition coefficient (Wildman–Crippen LogP) is -0.213. The van der Waals surface area contributed by atoms with E-state index in [4.69, 9.17) is 4.74 Å². The highest BCUT2D eigenvalue weighted by Gasteiger charge is 2.37. The monoisotopic (exact) mass is 415 g/mol. The molecule has 29 heavy (non-hydrogen) atoms. The van der Waals surface area contributed by atoms with Crippen LogP contribution in [-0.2, 0) is 19.1 Å². The molecule has 0 aromatic carbocycles. The Kier molecular flexibility index (Phi) is 10.7. The van der Waals surface area contributed by atoms with Gasteiger partial charge in [0.25, 0.3) is 0 Å². The molecule has 0 aromatic heterocycles. The second-order valence-electron chi connectivity index (χ2n) is 8.12. The number of nitrogens with zero attached hydrogens (tertiary/aromatic N) is 2. The molecule has 0 rings (SSSR count). The number of likely N-dealkylation sites (N-methyl/N-ethyl adjacent to an activating group) is 3. The molecule has 0 bridgehead atoms. The number of hydrogen-bond acceptors (Lipinski definition) is 6. The molecule has 0 aliphatic rings. The smallest absolute Gasteiger partial charge is 0.409 e. The van der Waals surface area contributed by atoms with Gasteiger partial charge in [-0.3, -0.25) is 14.4 Å². The average molecular weight is 416 g/mol. The fraction of sp³-hybridized carbons (Fsp3) is 0.789. The lowest BCUT2D eigenvalue weighted by molar-refractivity contribution is -0.141. The maximum atomic E-state index is 13.1. The Labute approximate surface area is 173 Å². The van der Waals surface area contributed by atoms with Gasteiger partial charge in [0.15, 0.2) is 0 Å². The van der Waals surface area contributed by atoms with Gasteiger partial charge in [0.2, 0.25) is 17.7 Å². The number of nitrogens with one attached hydrogen (secondary N) is 3. The molecule has 0 aromatic rings. The van der Waals surface area contributed by atoms with E-state index in [9.17, 15) is 19.2 Å². The molecule has 0 saturated carbocycles. The van der Waals surface area contributed by atoms with Gasteiger partial charge in [0.1, 0.15) is 17.7 Å². The molecule has 168 valence electrons. The average Bonchev–Trinajstić information content (AvgIpc) is 2.62. The van der Waals surface area contributed by atoms with Crippen LogP contribution in [0.3, 0.4) is 0 Å². The number of carbonyl (C=O) groups is 4. The molecule has 0 heterocycles.